The summed E-state index contributed by atoms with van der Waals surface area (Å²) in [7, 11) is 0. The van der Waals surface area contributed by atoms with Gasteiger partial charge in [0.05, 0.1) is 18.7 Å². The summed E-state index contributed by atoms with van der Waals surface area (Å²) in [6.07, 6.45) is 1.90. The molecule has 1 aromatic heterocycles. The Bertz CT molecular complexity index is 522. The van der Waals surface area contributed by atoms with E-state index >= 15 is 0 Å². The Morgan fingerprint density at radius 3 is 2.89 bits per heavy atom. The minimum absolute atomic E-state index is 0.0545. The molecule has 18 heavy (non-hydrogen) atoms. The van der Waals surface area contributed by atoms with Crippen LogP contribution in [0.1, 0.15) is 24.3 Å². The van der Waals surface area contributed by atoms with E-state index in [-0.39, 0.29) is 11.9 Å². The van der Waals surface area contributed by atoms with Gasteiger partial charge in [-0.15, -0.1) is 0 Å². The zero-order valence-corrected chi connectivity index (χ0v) is 10.8. The highest BCUT2D eigenvalue weighted by atomic mass is 35.5. The van der Waals surface area contributed by atoms with E-state index < -0.39 is 0 Å². The Kier molecular flexibility index (Phi) is 4.05. The van der Waals surface area contributed by atoms with Crippen LogP contribution in [0.5, 0.6) is 0 Å². The minimum atomic E-state index is -0.133. The Morgan fingerprint density at radius 2 is 2.22 bits per heavy atom. The van der Waals surface area contributed by atoms with Crippen LogP contribution in [0.15, 0.2) is 47.1 Å². The van der Waals surface area contributed by atoms with Gasteiger partial charge < -0.3 is 9.73 Å². The first kappa shape index (κ1) is 12.7. The fourth-order valence-electron chi connectivity index (χ4n) is 1.73. The second-order valence-corrected chi connectivity index (χ2v) is 4.55. The number of amides is 1. The van der Waals surface area contributed by atoms with Crippen molar-refractivity contribution in [1.82, 2.24) is 5.32 Å². The number of rotatable bonds is 4. The number of carbonyl (C=O) groups is 1. The number of halogens is 1. The Morgan fingerprint density at radius 1 is 1.39 bits per heavy atom. The molecule has 1 unspecified atom stereocenters. The van der Waals surface area contributed by atoms with E-state index in [0.717, 1.165) is 11.3 Å². The summed E-state index contributed by atoms with van der Waals surface area (Å²) in [5, 5.41) is 3.51. The molecule has 2 aromatic rings. The number of hydrogen-bond acceptors (Lipinski definition) is 2. The molecule has 0 aliphatic heterocycles. The van der Waals surface area contributed by atoms with Crippen LogP contribution in [0.4, 0.5) is 0 Å². The summed E-state index contributed by atoms with van der Waals surface area (Å²) in [6, 6.07) is 10.8. The third kappa shape index (κ3) is 3.37. The van der Waals surface area contributed by atoms with Crippen molar-refractivity contribution in [3.8, 4) is 0 Å². The van der Waals surface area contributed by atoms with Gasteiger partial charge in [-0.05, 0) is 36.8 Å². The molecule has 0 saturated heterocycles. The lowest BCUT2D eigenvalue weighted by Gasteiger charge is -2.11. The normalized spacial score (nSPS) is 12.1. The van der Waals surface area contributed by atoms with E-state index in [1.54, 1.807) is 24.5 Å². The van der Waals surface area contributed by atoms with Crippen LogP contribution in [0, 0.1) is 0 Å². The lowest BCUT2D eigenvalue weighted by molar-refractivity contribution is -0.121. The summed E-state index contributed by atoms with van der Waals surface area (Å²) < 4.78 is 5.23. The fraction of sp³-hybridized carbons (Fsp3) is 0.214. The molecule has 2 rings (SSSR count). The molecule has 0 bridgehead atoms. The van der Waals surface area contributed by atoms with E-state index in [0.29, 0.717) is 11.4 Å². The van der Waals surface area contributed by atoms with E-state index in [2.05, 4.69) is 5.32 Å². The van der Waals surface area contributed by atoms with Gasteiger partial charge in [0, 0.05) is 5.02 Å². The minimum Gasteiger partial charge on any atom is -0.467 e. The van der Waals surface area contributed by atoms with E-state index in [1.807, 2.05) is 25.1 Å². The maximum atomic E-state index is 11.8. The number of hydrogen-bond donors (Lipinski definition) is 1. The van der Waals surface area contributed by atoms with Crippen LogP contribution in [0.2, 0.25) is 5.02 Å². The zero-order chi connectivity index (χ0) is 13.0. The number of furan rings is 1. The molecule has 0 aliphatic rings. The predicted molar refractivity (Wildman–Crippen MR) is 70.4 cm³/mol. The first-order valence-electron chi connectivity index (χ1n) is 5.72. The monoisotopic (exact) mass is 263 g/mol. The molecule has 4 heteroatoms. The second kappa shape index (κ2) is 5.74. The molecule has 0 saturated carbocycles. The molecule has 0 aliphatic carbocycles. The van der Waals surface area contributed by atoms with Crippen molar-refractivity contribution in [1.29, 1.82) is 0 Å². The Labute approximate surface area is 111 Å². The highest BCUT2D eigenvalue weighted by Crippen LogP contribution is 2.14. The van der Waals surface area contributed by atoms with Gasteiger partial charge in [-0.3, -0.25) is 4.79 Å². The van der Waals surface area contributed by atoms with Crippen molar-refractivity contribution in [3.63, 3.8) is 0 Å². The summed E-state index contributed by atoms with van der Waals surface area (Å²) in [6.45, 7) is 1.88. The molecule has 1 aromatic carbocycles. The molecule has 3 nitrogen and oxygen atoms in total. The third-order valence-electron chi connectivity index (χ3n) is 2.60. The summed E-state index contributed by atoms with van der Waals surface area (Å²) in [4.78, 5) is 11.8. The molecular weight excluding hydrogens is 250 g/mol. The van der Waals surface area contributed by atoms with Crippen molar-refractivity contribution in [2.75, 3.05) is 0 Å². The van der Waals surface area contributed by atoms with Crippen molar-refractivity contribution in [2.45, 2.75) is 19.4 Å². The summed E-state index contributed by atoms with van der Waals surface area (Å²) in [5.41, 5.74) is 0.895. The van der Waals surface area contributed by atoms with Crippen LogP contribution < -0.4 is 5.32 Å². The lowest BCUT2D eigenvalue weighted by Crippen LogP contribution is -2.27. The largest absolute Gasteiger partial charge is 0.467 e. The highest BCUT2D eigenvalue weighted by Gasteiger charge is 2.12. The van der Waals surface area contributed by atoms with E-state index in [9.17, 15) is 4.79 Å². The van der Waals surface area contributed by atoms with Gasteiger partial charge in [0.25, 0.3) is 0 Å². The predicted octanol–water partition coefficient (Wildman–Crippen LogP) is 3.35. The van der Waals surface area contributed by atoms with Gasteiger partial charge in [-0.25, -0.2) is 0 Å². The molecule has 0 fully saturated rings. The van der Waals surface area contributed by atoms with Gasteiger partial charge in [0.15, 0.2) is 0 Å². The molecule has 0 spiro atoms. The van der Waals surface area contributed by atoms with Crippen LogP contribution in [-0.4, -0.2) is 5.91 Å². The first-order chi connectivity index (χ1) is 8.65. The van der Waals surface area contributed by atoms with Crippen molar-refractivity contribution in [3.05, 3.63) is 59.0 Å². The van der Waals surface area contributed by atoms with Gasteiger partial charge in [0.2, 0.25) is 5.91 Å². The van der Waals surface area contributed by atoms with Crippen molar-refractivity contribution >= 4 is 17.5 Å². The quantitative estimate of drug-likeness (QED) is 0.919. The highest BCUT2D eigenvalue weighted by molar-refractivity contribution is 6.30. The number of carbonyl (C=O) groups excluding carboxylic acids is 1. The molecule has 1 amide bonds. The Balaban J connectivity index is 1.93. The molecule has 1 N–H and O–H groups in total. The average Bonchev–Trinajstić information content (AvgIpc) is 2.81. The Hall–Kier alpha value is -1.74. The summed E-state index contributed by atoms with van der Waals surface area (Å²) in [5.74, 6) is 0.690. The molecule has 1 atom stereocenters. The number of nitrogens with one attached hydrogen (secondary N) is 1. The molecule has 1 heterocycles. The van der Waals surface area contributed by atoms with E-state index in [1.165, 1.54) is 0 Å². The second-order valence-electron chi connectivity index (χ2n) is 4.11. The van der Waals surface area contributed by atoms with Gasteiger partial charge in [-0.1, -0.05) is 23.7 Å². The van der Waals surface area contributed by atoms with Gasteiger partial charge >= 0.3 is 0 Å². The van der Waals surface area contributed by atoms with Crippen molar-refractivity contribution < 1.29 is 9.21 Å². The SMILES string of the molecule is CC(NC(=O)Cc1cccc(Cl)c1)c1ccco1. The van der Waals surface area contributed by atoms with Crippen LogP contribution in [0.3, 0.4) is 0 Å². The molecule has 94 valence electrons. The maximum absolute atomic E-state index is 11.8. The topological polar surface area (TPSA) is 42.2 Å². The zero-order valence-electron chi connectivity index (χ0n) is 10.0. The number of benzene rings is 1. The summed E-state index contributed by atoms with van der Waals surface area (Å²) >= 11 is 5.87. The van der Waals surface area contributed by atoms with Gasteiger partial charge in [0.1, 0.15) is 5.76 Å². The van der Waals surface area contributed by atoms with E-state index in [4.69, 9.17) is 16.0 Å². The van der Waals surface area contributed by atoms with Crippen molar-refractivity contribution in [2.24, 2.45) is 0 Å². The van der Waals surface area contributed by atoms with Crippen LogP contribution in [-0.2, 0) is 11.2 Å². The fourth-order valence-corrected chi connectivity index (χ4v) is 1.95. The smallest absolute Gasteiger partial charge is 0.224 e. The average molecular weight is 264 g/mol. The van der Waals surface area contributed by atoms with Crippen LogP contribution >= 0.6 is 11.6 Å². The lowest BCUT2D eigenvalue weighted by atomic mass is 10.1. The third-order valence-corrected chi connectivity index (χ3v) is 2.84. The maximum Gasteiger partial charge on any atom is 0.224 e. The standard InChI is InChI=1S/C14H14ClNO2/c1-10(13-6-3-7-18-13)16-14(17)9-11-4-2-5-12(15)8-11/h2-8,10H,9H2,1H3,(H,16,17). The first-order valence-corrected chi connectivity index (χ1v) is 6.10. The van der Waals surface area contributed by atoms with Gasteiger partial charge in [-0.2, -0.15) is 0 Å². The molecular formula is C14H14ClNO2. The van der Waals surface area contributed by atoms with Crippen LogP contribution in [0.25, 0.3) is 0 Å². The molecule has 0 radical (unpaired) electrons.